The average Bonchev–Trinajstić information content (AvgIpc) is 3.04. The zero-order valence-electron chi connectivity index (χ0n) is 14.1. The predicted molar refractivity (Wildman–Crippen MR) is 98.4 cm³/mol. The number of hydrogen-bond acceptors (Lipinski definition) is 4. The van der Waals surface area contributed by atoms with Gasteiger partial charge in [0.05, 0.1) is 15.2 Å². The van der Waals surface area contributed by atoms with Crippen LogP contribution in [0.5, 0.6) is 0 Å². The van der Waals surface area contributed by atoms with Crippen LogP contribution in [-0.2, 0) is 11.2 Å². The van der Waals surface area contributed by atoms with E-state index < -0.39 is 0 Å². The van der Waals surface area contributed by atoms with E-state index in [9.17, 15) is 4.79 Å². The minimum absolute atomic E-state index is 0.335. The third kappa shape index (κ3) is 3.47. The molecule has 0 aliphatic carbocycles. The van der Waals surface area contributed by atoms with Gasteiger partial charge in [0.1, 0.15) is 0 Å². The summed E-state index contributed by atoms with van der Waals surface area (Å²) < 4.78 is 1.24. The van der Waals surface area contributed by atoms with Crippen molar-refractivity contribution in [1.82, 2.24) is 14.8 Å². The molecule has 1 aromatic heterocycles. The number of nitrogens with zero attached hydrogens (tertiary/aromatic N) is 3. The van der Waals surface area contributed by atoms with Crippen LogP contribution in [0, 0.1) is 0 Å². The number of para-hydroxylation sites is 1. The van der Waals surface area contributed by atoms with Crippen molar-refractivity contribution in [3.8, 4) is 0 Å². The summed E-state index contributed by atoms with van der Waals surface area (Å²) in [5.74, 6) is 0.335. The summed E-state index contributed by atoms with van der Waals surface area (Å²) in [6.45, 7) is 4.15. The lowest BCUT2D eigenvalue weighted by Gasteiger charge is -2.44. The van der Waals surface area contributed by atoms with Gasteiger partial charge in [-0.3, -0.25) is 9.69 Å². The van der Waals surface area contributed by atoms with Crippen LogP contribution in [0.2, 0.25) is 0 Å². The Kier molecular flexibility index (Phi) is 4.81. The van der Waals surface area contributed by atoms with Crippen LogP contribution in [0.4, 0.5) is 0 Å². The number of carbonyl (C=O) groups is 1. The van der Waals surface area contributed by atoms with Crippen LogP contribution in [-0.4, -0.2) is 52.9 Å². The largest absolute Gasteiger partial charge is 0.340 e. The van der Waals surface area contributed by atoms with E-state index in [0.717, 1.165) is 43.0 Å². The van der Waals surface area contributed by atoms with Gasteiger partial charge in [0.2, 0.25) is 5.91 Å². The quantitative estimate of drug-likeness (QED) is 0.854. The molecule has 5 heteroatoms. The fourth-order valence-corrected chi connectivity index (χ4v) is 4.97. The second-order valence-corrected chi connectivity index (χ2v) is 8.07. The Labute approximate surface area is 147 Å². The summed E-state index contributed by atoms with van der Waals surface area (Å²) in [6.07, 6.45) is 6.38. The van der Waals surface area contributed by atoms with E-state index in [1.165, 1.54) is 30.5 Å². The molecule has 0 bridgehead atoms. The summed E-state index contributed by atoms with van der Waals surface area (Å²) in [7, 11) is 0. The summed E-state index contributed by atoms with van der Waals surface area (Å²) in [4.78, 5) is 21.9. The van der Waals surface area contributed by atoms with Crippen molar-refractivity contribution >= 4 is 27.5 Å². The van der Waals surface area contributed by atoms with Crippen molar-refractivity contribution < 1.29 is 4.79 Å². The minimum Gasteiger partial charge on any atom is -0.340 e. The second kappa shape index (κ2) is 7.19. The van der Waals surface area contributed by atoms with E-state index in [4.69, 9.17) is 0 Å². The van der Waals surface area contributed by atoms with Gasteiger partial charge < -0.3 is 4.90 Å². The van der Waals surface area contributed by atoms with Crippen LogP contribution >= 0.6 is 11.3 Å². The molecule has 4 nitrogen and oxygen atoms in total. The number of fused-ring (bicyclic) bond motifs is 2. The van der Waals surface area contributed by atoms with Crippen molar-refractivity contribution in [3.05, 3.63) is 29.3 Å². The number of benzene rings is 1. The molecule has 1 unspecified atom stereocenters. The van der Waals surface area contributed by atoms with E-state index in [1.54, 1.807) is 11.3 Å². The van der Waals surface area contributed by atoms with Crippen LogP contribution in [0.15, 0.2) is 24.3 Å². The van der Waals surface area contributed by atoms with Crippen molar-refractivity contribution in [3.63, 3.8) is 0 Å². The molecule has 3 heterocycles. The standard InChI is InChI=1S/C19H25N3OS/c23-19(22-13-12-21-11-4-3-6-15(21)14-22)10-5-9-18-20-16-7-1-2-8-17(16)24-18/h1-2,7-8,15H,3-6,9-14H2. The van der Waals surface area contributed by atoms with Gasteiger partial charge in [0.25, 0.3) is 0 Å². The van der Waals surface area contributed by atoms with Crippen molar-refractivity contribution in [2.45, 2.75) is 44.6 Å². The highest BCUT2D eigenvalue weighted by Gasteiger charge is 2.30. The first kappa shape index (κ1) is 16.0. The number of amides is 1. The molecular weight excluding hydrogens is 318 g/mol. The van der Waals surface area contributed by atoms with E-state index >= 15 is 0 Å². The molecule has 24 heavy (non-hydrogen) atoms. The number of aromatic nitrogens is 1. The first-order chi connectivity index (χ1) is 11.8. The molecular formula is C19H25N3OS. The molecule has 0 spiro atoms. The van der Waals surface area contributed by atoms with Gasteiger partial charge in [-0.25, -0.2) is 4.98 Å². The third-order valence-electron chi connectivity index (χ3n) is 5.31. The number of hydrogen-bond donors (Lipinski definition) is 0. The molecule has 0 radical (unpaired) electrons. The lowest BCUT2D eigenvalue weighted by molar-refractivity contribution is -0.134. The van der Waals surface area contributed by atoms with Gasteiger partial charge in [-0.2, -0.15) is 0 Å². The molecule has 1 amide bonds. The predicted octanol–water partition coefficient (Wildman–Crippen LogP) is 3.32. The Morgan fingerprint density at radius 2 is 2.12 bits per heavy atom. The zero-order valence-corrected chi connectivity index (χ0v) is 14.9. The normalized spacial score (nSPS) is 21.8. The van der Waals surface area contributed by atoms with Gasteiger partial charge >= 0.3 is 0 Å². The van der Waals surface area contributed by atoms with Gasteiger partial charge in [-0.05, 0) is 44.4 Å². The molecule has 2 aliphatic heterocycles. The molecule has 1 aromatic carbocycles. The molecule has 4 rings (SSSR count). The van der Waals surface area contributed by atoms with E-state index in [0.29, 0.717) is 18.4 Å². The second-order valence-electron chi connectivity index (χ2n) is 6.95. The highest BCUT2D eigenvalue weighted by Crippen LogP contribution is 2.24. The zero-order chi connectivity index (χ0) is 16.4. The number of rotatable bonds is 4. The van der Waals surface area contributed by atoms with Crippen molar-refractivity contribution in [2.75, 3.05) is 26.2 Å². The highest BCUT2D eigenvalue weighted by atomic mass is 32.1. The molecule has 2 aromatic rings. The maximum absolute atomic E-state index is 12.5. The number of thiazole rings is 1. The third-order valence-corrected chi connectivity index (χ3v) is 6.41. The minimum atomic E-state index is 0.335. The average molecular weight is 343 g/mol. The Hall–Kier alpha value is -1.46. The lowest BCUT2D eigenvalue weighted by Crippen LogP contribution is -2.56. The van der Waals surface area contributed by atoms with E-state index in [-0.39, 0.29) is 0 Å². The summed E-state index contributed by atoms with van der Waals surface area (Å²) >= 11 is 1.76. The molecule has 0 N–H and O–H groups in total. The Morgan fingerprint density at radius 3 is 3.04 bits per heavy atom. The van der Waals surface area contributed by atoms with E-state index in [1.807, 2.05) is 6.07 Å². The van der Waals surface area contributed by atoms with Gasteiger partial charge in [0.15, 0.2) is 0 Å². The first-order valence-corrected chi connectivity index (χ1v) is 9.97. The first-order valence-electron chi connectivity index (χ1n) is 9.16. The van der Waals surface area contributed by atoms with Gasteiger partial charge in [0, 0.05) is 32.1 Å². The van der Waals surface area contributed by atoms with E-state index in [2.05, 4.69) is 33.0 Å². The highest BCUT2D eigenvalue weighted by molar-refractivity contribution is 7.18. The summed E-state index contributed by atoms with van der Waals surface area (Å²) in [5, 5.41) is 1.15. The fourth-order valence-electron chi connectivity index (χ4n) is 3.96. The maximum Gasteiger partial charge on any atom is 0.222 e. The van der Waals surface area contributed by atoms with Gasteiger partial charge in [-0.1, -0.05) is 18.6 Å². The lowest BCUT2D eigenvalue weighted by atomic mass is 9.99. The topological polar surface area (TPSA) is 36.4 Å². The van der Waals surface area contributed by atoms with Crippen molar-refractivity contribution in [2.24, 2.45) is 0 Å². The van der Waals surface area contributed by atoms with Crippen LogP contribution in [0.3, 0.4) is 0 Å². The van der Waals surface area contributed by atoms with Crippen LogP contribution in [0.25, 0.3) is 10.2 Å². The van der Waals surface area contributed by atoms with Gasteiger partial charge in [-0.15, -0.1) is 11.3 Å². The Morgan fingerprint density at radius 1 is 1.21 bits per heavy atom. The number of piperazine rings is 1. The number of aryl methyl sites for hydroxylation is 1. The number of piperidine rings is 1. The molecule has 2 fully saturated rings. The molecule has 128 valence electrons. The molecule has 2 saturated heterocycles. The molecule has 1 atom stereocenters. The molecule has 2 aliphatic rings. The SMILES string of the molecule is O=C(CCCc1nc2ccccc2s1)N1CCN2CCCCC2C1. The number of carbonyl (C=O) groups excluding carboxylic acids is 1. The molecule has 0 saturated carbocycles. The van der Waals surface area contributed by atoms with Crippen LogP contribution < -0.4 is 0 Å². The Bertz CT molecular complexity index is 680. The Balaban J connectivity index is 1.27. The smallest absolute Gasteiger partial charge is 0.222 e. The van der Waals surface area contributed by atoms with Crippen LogP contribution in [0.1, 0.15) is 37.1 Å². The maximum atomic E-state index is 12.5. The fraction of sp³-hybridized carbons (Fsp3) is 0.579. The summed E-state index contributed by atoms with van der Waals surface area (Å²) in [5.41, 5.74) is 1.08. The van der Waals surface area contributed by atoms with Crippen molar-refractivity contribution in [1.29, 1.82) is 0 Å². The summed E-state index contributed by atoms with van der Waals surface area (Å²) in [6, 6.07) is 8.87. The monoisotopic (exact) mass is 343 g/mol.